The standard InChI is InChI=1S/C18H22N2/c1-15-18(19-17-10-6-3-7-11-17)12-13-20(15)14-16-8-4-2-5-9-16/h2-11,15,18-19H,12-14H2,1H3. The molecule has 20 heavy (non-hydrogen) atoms. The summed E-state index contributed by atoms with van der Waals surface area (Å²) in [4.78, 5) is 2.57. The molecule has 1 heterocycles. The summed E-state index contributed by atoms with van der Waals surface area (Å²) in [5.74, 6) is 0. The van der Waals surface area contributed by atoms with Crippen LogP contribution in [0.3, 0.4) is 0 Å². The lowest BCUT2D eigenvalue weighted by Gasteiger charge is -2.25. The van der Waals surface area contributed by atoms with Gasteiger partial charge in [-0.1, -0.05) is 48.5 Å². The average molecular weight is 266 g/mol. The van der Waals surface area contributed by atoms with Crippen LogP contribution in [-0.4, -0.2) is 23.5 Å². The maximum atomic E-state index is 3.66. The number of anilines is 1. The zero-order valence-electron chi connectivity index (χ0n) is 12.0. The van der Waals surface area contributed by atoms with Crippen LogP contribution in [-0.2, 0) is 6.54 Å². The van der Waals surface area contributed by atoms with Crippen molar-refractivity contribution in [3.05, 3.63) is 66.2 Å². The molecule has 2 aromatic carbocycles. The van der Waals surface area contributed by atoms with Gasteiger partial charge < -0.3 is 5.32 Å². The van der Waals surface area contributed by atoms with Crippen LogP contribution in [0.15, 0.2) is 60.7 Å². The monoisotopic (exact) mass is 266 g/mol. The van der Waals surface area contributed by atoms with Crippen LogP contribution >= 0.6 is 0 Å². The molecular formula is C18H22N2. The Balaban J connectivity index is 1.61. The van der Waals surface area contributed by atoms with E-state index in [0.717, 1.165) is 6.54 Å². The third-order valence-corrected chi connectivity index (χ3v) is 4.24. The summed E-state index contributed by atoms with van der Waals surface area (Å²) in [5.41, 5.74) is 2.63. The molecule has 2 atom stereocenters. The first-order valence-electron chi connectivity index (χ1n) is 7.42. The van der Waals surface area contributed by atoms with Gasteiger partial charge in [-0.25, -0.2) is 0 Å². The molecule has 3 rings (SSSR count). The van der Waals surface area contributed by atoms with E-state index in [1.165, 1.54) is 24.2 Å². The van der Waals surface area contributed by atoms with Gasteiger partial charge in [0, 0.05) is 30.9 Å². The first-order valence-corrected chi connectivity index (χ1v) is 7.42. The minimum Gasteiger partial charge on any atom is -0.381 e. The lowest BCUT2D eigenvalue weighted by molar-refractivity contribution is 0.255. The Bertz CT molecular complexity index is 474. The highest BCUT2D eigenvalue weighted by atomic mass is 15.2. The van der Waals surface area contributed by atoms with Gasteiger partial charge in [0.15, 0.2) is 0 Å². The molecule has 1 fully saturated rings. The van der Waals surface area contributed by atoms with Gasteiger partial charge in [-0.2, -0.15) is 0 Å². The van der Waals surface area contributed by atoms with E-state index in [1.807, 2.05) is 0 Å². The molecule has 2 nitrogen and oxygen atoms in total. The topological polar surface area (TPSA) is 15.3 Å². The molecule has 0 bridgehead atoms. The highest BCUT2D eigenvalue weighted by Gasteiger charge is 2.30. The number of likely N-dealkylation sites (tertiary alicyclic amines) is 1. The second-order valence-electron chi connectivity index (χ2n) is 5.60. The molecule has 1 aliphatic heterocycles. The summed E-state index contributed by atoms with van der Waals surface area (Å²) in [6.07, 6.45) is 1.21. The molecule has 1 aliphatic rings. The summed E-state index contributed by atoms with van der Waals surface area (Å²) in [7, 11) is 0. The Morgan fingerprint density at radius 3 is 2.35 bits per heavy atom. The van der Waals surface area contributed by atoms with Crippen LogP contribution in [0.4, 0.5) is 5.69 Å². The summed E-state index contributed by atoms with van der Waals surface area (Å²) in [6, 6.07) is 22.4. The molecule has 2 heteroatoms. The minimum atomic E-state index is 0.543. The summed E-state index contributed by atoms with van der Waals surface area (Å²) < 4.78 is 0. The molecule has 104 valence electrons. The van der Waals surface area contributed by atoms with E-state index in [2.05, 4.69) is 77.8 Å². The van der Waals surface area contributed by atoms with Gasteiger partial charge in [0.2, 0.25) is 0 Å². The van der Waals surface area contributed by atoms with Crippen molar-refractivity contribution in [3.63, 3.8) is 0 Å². The fourth-order valence-corrected chi connectivity index (χ4v) is 2.99. The Morgan fingerprint density at radius 2 is 1.65 bits per heavy atom. The van der Waals surface area contributed by atoms with Gasteiger partial charge in [-0.15, -0.1) is 0 Å². The van der Waals surface area contributed by atoms with Crippen molar-refractivity contribution in [1.29, 1.82) is 0 Å². The fraction of sp³-hybridized carbons (Fsp3) is 0.333. The maximum absolute atomic E-state index is 3.66. The van der Waals surface area contributed by atoms with Crippen molar-refractivity contribution in [2.75, 3.05) is 11.9 Å². The zero-order chi connectivity index (χ0) is 13.8. The first kappa shape index (κ1) is 13.2. The van der Waals surface area contributed by atoms with Crippen LogP contribution in [0.5, 0.6) is 0 Å². The molecule has 1 saturated heterocycles. The molecule has 0 amide bonds. The quantitative estimate of drug-likeness (QED) is 0.906. The van der Waals surface area contributed by atoms with E-state index in [1.54, 1.807) is 0 Å². The van der Waals surface area contributed by atoms with Gasteiger partial charge >= 0.3 is 0 Å². The summed E-state index contributed by atoms with van der Waals surface area (Å²) >= 11 is 0. The van der Waals surface area contributed by atoms with Crippen molar-refractivity contribution in [2.24, 2.45) is 0 Å². The number of rotatable bonds is 4. The van der Waals surface area contributed by atoms with Crippen molar-refractivity contribution in [3.8, 4) is 0 Å². The van der Waals surface area contributed by atoms with E-state index >= 15 is 0 Å². The van der Waals surface area contributed by atoms with E-state index < -0.39 is 0 Å². The highest BCUT2D eigenvalue weighted by molar-refractivity contribution is 5.44. The molecule has 0 spiro atoms. The van der Waals surface area contributed by atoms with Crippen molar-refractivity contribution in [2.45, 2.75) is 32.0 Å². The van der Waals surface area contributed by atoms with Gasteiger partial charge in [0.25, 0.3) is 0 Å². The average Bonchev–Trinajstić information content (AvgIpc) is 2.83. The van der Waals surface area contributed by atoms with E-state index in [9.17, 15) is 0 Å². The molecule has 0 aliphatic carbocycles. The van der Waals surface area contributed by atoms with Gasteiger partial charge in [-0.3, -0.25) is 4.90 Å². The Kier molecular flexibility index (Phi) is 4.03. The van der Waals surface area contributed by atoms with E-state index in [-0.39, 0.29) is 0 Å². The van der Waals surface area contributed by atoms with E-state index in [4.69, 9.17) is 0 Å². The largest absolute Gasteiger partial charge is 0.381 e. The third kappa shape index (κ3) is 3.02. The van der Waals surface area contributed by atoms with E-state index in [0.29, 0.717) is 12.1 Å². The van der Waals surface area contributed by atoms with Crippen molar-refractivity contribution >= 4 is 5.69 Å². The SMILES string of the molecule is CC1C(Nc2ccccc2)CCN1Cc1ccccc1. The second kappa shape index (κ2) is 6.10. The van der Waals surface area contributed by atoms with Crippen LogP contribution in [0.2, 0.25) is 0 Å². The lowest BCUT2D eigenvalue weighted by atomic mass is 10.1. The number of hydrogen-bond donors (Lipinski definition) is 1. The molecule has 2 aromatic rings. The van der Waals surface area contributed by atoms with Gasteiger partial charge in [0.1, 0.15) is 0 Å². The number of benzene rings is 2. The van der Waals surface area contributed by atoms with Crippen molar-refractivity contribution < 1.29 is 0 Å². The minimum absolute atomic E-state index is 0.543. The fourth-order valence-electron chi connectivity index (χ4n) is 2.99. The summed E-state index contributed by atoms with van der Waals surface area (Å²) in [6.45, 7) is 4.55. The smallest absolute Gasteiger partial charge is 0.0426 e. The molecule has 0 radical (unpaired) electrons. The van der Waals surface area contributed by atoms with Crippen LogP contribution in [0.1, 0.15) is 18.9 Å². The molecule has 1 N–H and O–H groups in total. The third-order valence-electron chi connectivity index (χ3n) is 4.24. The lowest BCUT2D eigenvalue weighted by Crippen LogP contribution is -2.35. The van der Waals surface area contributed by atoms with Crippen LogP contribution in [0, 0.1) is 0 Å². The molecule has 2 unspecified atom stereocenters. The van der Waals surface area contributed by atoms with Crippen LogP contribution in [0.25, 0.3) is 0 Å². The highest BCUT2D eigenvalue weighted by Crippen LogP contribution is 2.23. The van der Waals surface area contributed by atoms with Gasteiger partial charge in [0.05, 0.1) is 0 Å². The Morgan fingerprint density at radius 1 is 1.00 bits per heavy atom. The zero-order valence-corrected chi connectivity index (χ0v) is 12.0. The molecule has 0 aromatic heterocycles. The summed E-state index contributed by atoms with van der Waals surface area (Å²) in [5, 5.41) is 3.66. The Hall–Kier alpha value is -1.80. The number of nitrogens with zero attached hydrogens (tertiary/aromatic N) is 1. The molecule has 0 saturated carbocycles. The number of nitrogens with one attached hydrogen (secondary N) is 1. The Labute approximate surface area is 121 Å². The second-order valence-corrected chi connectivity index (χ2v) is 5.60. The van der Waals surface area contributed by atoms with Gasteiger partial charge in [-0.05, 0) is 31.0 Å². The van der Waals surface area contributed by atoms with Crippen LogP contribution < -0.4 is 5.32 Å². The normalized spacial score (nSPS) is 22.9. The molecular weight excluding hydrogens is 244 g/mol. The maximum Gasteiger partial charge on any atom is 0.0426 e. The number of hydrogen-bond acceptors (Lipinski definition) is 2. The predicted molar refractivity (Wildman–Crippen MR) is 84.8 cm³/mol. The predicted octanol–water partition coefficient (Wildman–Crippen LogP) is 3.76. The number of para-hydroxylation sites is 1. The first-order chi connectivity index (χ1) is 9.83. The van der Waals surface area contributed by atoms with Crippen molar-refractivity contribution in [1.82, 2.24) is 4.90 Å².